The highest BCUT2D eigenvalue weighted by atomic mass is 32.2. The minimum atomic E-state index is -3.73. The summed E-state index contributed by atoms with van der Waals surface area (Å²) >= 11 is 0. The predicted octanol–water partition coefficient (Wildman–Crippen LogP) is 3.32. The summed E-state index contributed by atoms with van der Waals surface area (Å²) in [7, 11) is -3.73. The molecular formula is C20H18N4O3S. The summed E-state index contributed by atoms with van der Waals surface area (Å²) in [5, 5.41) is 2.78. The van der Waals surface area contributed by atoms with Crippen LogP contribution in [0.25, 0.3) is 11.6 Å². The number of carbonyl (C=O) groups excluding carboxylic acids is 1. The van der Waals surface area contributed by atoms with E-state index in [1.807, 2.05) is 13.8 Å². The number of anilines is 2. The zero-order chi connectivity index (χ0) is 19.9. The van der Waals surface area contributed by atoms with Gasteiger partial charge in [-0.05, 0) is 50.3 Å². The summed E-state index contributed by atoms with van der Waals surface area (Å²) in [6.07, 6.45) is 3.33. The van der Waals surface area contributed by atoms with Crippen LogP contribution >= 0.6 is 0 Å². The van der Waals surface area contributed by atoms with E-state index in [-0.39, 0.29) is 10.8 Å². The Morgan fingerprint density at radius 3 is 2.50 bits per heavy atom. The molecule has 0 fully saturated rings. The highest BCUT2D eigenvalue weighted by Crippen LogP contribution is 2.35. The van der Waals surface area contributed by atoms with Crippen molar-refractivity contribution in [3.8, 4) is 0 Å². The third kappa shape index (κ3) is 3.41. The number of aryl methyl sites for hydroxylation is 2. The van der Waals surface area contributed by atoms with Crippen molar-refractivity contribution in [3.63, 3.8) is 0 Å². The maximum absolute atomic E-state index is 12.6. The standard InChI is InChI=1S/C20H18N4O3S/c1-12-3-6-16(7-4-12)28(26,27)24-14-5-8-19-17(9-14)18(20(25)23-19)10-15-11-21-13(2)22-15/h3-11,24H,1-2H3,(H,21,22)(H,23,25). The number of hydrogen-bond acceptors (Lipinski definition) is 4. The summed E-state index contributed by atoms with van der Waals surface area (Å²) in [5.74, 6) is 0.492. The first-order valence-corrected chi connectivity index (χ1v) is 10.1. The molecule has 0 spiro atoms. The molecule has 0 atom stereocenters. The number of carbonyl (C=O) groups is 1. The van der Waals surface area contributed by atoms with Gasteiger partial charge in [-0.25, -0.2) is 13.4 Å². The lowest BCUT2D eigenvalue weighted by Gasteiger charge is -2.10. The molecule has 7 nitrogen and oxygen atoms in total. The fourth-order valence-corrected chi connectivity index (χ4v) is 4.04. The highest BCUT2D eigenvalue weighted by Gasteiger charge is 2.25. The lowest BCUT2D eigenvalue weighted by atomic mass is 10.1. The SMILES string of the molecule is Cc1ccc(S(=O)(=O)Nc2ccc3c(c2)C(=Cc2cnc(C)[nH]2)C(=O)N3)cc1. The van der Waals surface area contributed by atoms with Gasteiger partial charge in [0.1, 0.15) is 5.82 Å². The minimum absolute atomic E-state index is 0.177. The Morgan fingerprint density at radius 2 is 1.82 bits per heavy atom. The molecule has 0 aliphatic carbocycles. The first-order valence-electron chi connectivity index (χ1n) is 8.60. The first kappa shape index (κ1) is 18.0. The van der Waals surface area contributed by atoms with E-state index in [1.165, 1.54) is 0 Å². The van der Waals surface area contributed by atoms with Gasteiger partial charge in [0, 0.05) is 16.9 Å². The number of imidazole rings is 1. The number of fused-ring (bicyclic) bond motifs is 1. The zero-order valence-corrected chi connectivity index (χ0v) is 16.1. The summed E-state index contributed by atoms with van der Waals surface area (Å²) in [6.45, 7) is 3.71. The van der Waals surface area contributed by atoms with Crippen molar-refractivity contribution in [3.05, 3.63) is 71.3 Å². The summed E-state index contributed by atoms with van der Waals surface area (Å²) in [5.41, 5.74) is 3.75. The van der Waals surface area contributed by atoms with Crippen molar-refractivity contribution >= 4 is 39.0 Å². The van der Waals surface area contributed by atoms with Gasteiger partial charge < -0.3 is 10.3 Å². The lowest BCUT2D eigenvalue weighted by Crippen LogP contribution is -2.13. The normalized spacial score (nSPS) is 14.8. The van der Waals surface area contributed by atoms with Gasteiger partial charge in [-0.1, -0.05) is 17.7 Å². The molecule has 28 heavy (non-hydrogen) atoms. The Bertz CT molecular complexity index is 1210. The fraction of sp³-hybridized carbons (Fsp3) is 0.100. The number of nitrogens with zero attached hydrogens (tertiary/aromatic N) is 1. The molecular weight excluding hydrogens is 376 g/mol. The van der Waals surface area contributed by atoms with Gasteiger partial charge in [-0.3, -0.25) is 9.52 Å². The number of hydrogen-bond donors (Lipinski definition) is 3. The van der Waals surface area contributed by atoms with Crippen molar-refractivity contribution in [1.29, 1.82) is 0 Å². The molecule has 1 amide bonds. The Hall–Kier alpha value is -3.39. The molecule has 3 N–H and O–H groups in total. The van der Waals surface area contributed by atoms with E-state index in [2.05, 4.69) is 20.0 Å². The van der Waals surface area contributed by atoms with Crippen LogP contribution in [-0.2, 0) is 14.8 Å². The number of nitrogens with one attached hydrogen (secondary N) is 3. The van der Waals surface area contributed by atoms with Crippen LogP contribution in [0.4, 0.5) is 11.4 Å². The van der Waals surface area contributed by atoms with E-state index >= 15 is 0 Å². The van der Waals surface area contributed by atoms with Crippen LogP contribution in [-0.4, -0.2) is 24.3 Å². The molecule has 1 aliphatic heterocycles. The molecule has 3 aromatic rings. The maximum atomic E-state index is 12.6. The average molecular weight is 394 g/mol. The largest absolute Gasteiger partial charge is 0.343 e. The lowest BCUT2D eigenvalue weighted by molar-refractivity contribution is -0.110. The molecule has 0 unspecified atom stereocenters. The van der Waals surface area contributed by atoms with Gasteiger partial charge in [0.25, 0.3) is 15.9 Å². The molecule has 1 aliphatic rings. The third-order valence-electron chi connectivity index (χ3n) is 4.41. The van der Waals surface area contributed by atoms with E-state index < -0.39 is 10.0 Å². The van der Waals surface area contributed by atoms with Crippen LogP contribution in [0, 0.1) is 13.8 Å². The van der Waals surface area contributed by atoms with Crippen LogP contribution in [0.2, 0.25) is 0 Å². The van der Waals surface area contributed by atoms with Gasteiger partial charge in [0.05, 0.1) is 22.4 Å². The average Bonchev–Trinajstić information content (AvgIpc) is 3.19. The molecule has 0 radical (unpaired) electrons. The van der Waals surface area contributed by atoms with Crippen molar-refractivity contribution in [1.82, 2.24) is 9.97 Å². The maximum Gasteiger partial charge on any atom is 0.261 e. The molecule has 0 saturated carbocycles. The number of aromatic amines is 1. The number of amides is 1. The van der Waals surface area contributed by atoms with E-state index in [0.29, 0.717) is 28.2 Å². The molecule has 1 aromatic heterocycles. The number of rotatable bonds is 4. The van der Waals surface area contributed by atoms with E-state index in [0.717, 1.165) is 11.4 Å². The van der Waals surface area contributed by atoms with Crippen LogP contribution in [0.15, 0.2) is 53.6 Å². The van der Waals surface area contributed by atoms with Gasteiger partial charge in [-0.15, -0.1) is 0 Å². The molecule has 0 bridgehead atoms. The second-order valence-electron chi connectivity index (χ2n) is 6.62. The molecule has 2 heterocycles. The minimum Gasteiger partial charge on any atom is -0.343 e. The summed E-state index contributed by atoms with van der Waals surface area (Å²) in [4.78, 5) is 19.7. The number of aromatic nitrogens is 2. The third-order valence-corrected chi connectivity index (χ3v) is 5.81. The predicted molar refractivity (Wildman–Crippen MR) is 108 cm³/mol. The van der Waals surface area contributed by atoms with Crippen LogP contribution in [0.5, 0.6) is 0 Å². The zero-order valence-electron chi connectivity index (χ0n) is 15.3. The van der Waals surface area contributed by atoms with E-state index in [9.17, 15) is 13.2 Å². The quantitative estimate of drug-likeness (QED) is 0.591. The van der Waals surface area contributed by atoms with Gasteiger partial charge in [0.15, 0.2) is 0 Å². The summed E-state index contributed by atoms with van der Waals surface area (Å²) < 4.78 is 27.8. The van der Waals surface area contributed by atoms with Gasteiger partial charge in [-0.2, -0.15) is 0 Å². The topological polar surface area (TPSA) is 104 Å². The highest BCUT2D eigenvalue weighted by molar-refractivity contribution is 7.92. The number of benzene rings is 2. The fourth-order valence-electron chi connectivity index (χ4n) is 2.99. The Morgan fingerprint density at radius 1 is 1.07 bits per heavy atom. The van der Waals surface area contributed by atoms with Gasteiger partial charge >= 0.3 is 0 Å². The number of H-pyrrole nitrogens is 1. The van der Waals surface area contributed by atoms with Crippen molar-refractivity contribution in [2.75, 3.05) is 10.0 Å². The van der Waals surface area contributed by atoms with Crippen molar-refractivity contribution in [2.45, 2.75) is 18.7 Å². The Labute approximate surface area is 162 Å². The van der Waals surface area contributed by atoms with Crippen LogP contribution in [0.1, 0.15) is 22.6 Å². The van der Waals surface area contributed by atoms with Crippen molar-refractivity contribution in [2.24, 2.45) is 0 Å². The smallest absolute Gasteiger partial charge is 0.261 e. The summed E-state index contributed by atoms with van der Waals surface area (Å²) in [6, 6.07) is 11.5. The Kier molecular flexibility index (Phi) is 4.27. The molecule has 4 rings (SSSR count). The first-order chi connectivity index (χ1) is 13.3. The monoisotopic (exact) mass is 394 g/mol. The van der Waals surface area contributed by atoms with Gasteiger partial charge in [0.2, 0.25) is 0 Å². The molecule has 8 heteroatoms. The van der Waals surface area contributed by atoms with Crippen molar-refractivity contribution < 1.29 is 13.2 Å². The van der Waals surface area contributed by atoms with Crippen LogP contribution in [0.3, 0.4) is 0 Å². The molecule has 0 saturated heterocycles. The number of sulfonamides is 1. The Balaban J connectivity index is 1.68. The second kappa shape index (κ2) is 6.65. The van der Waals surface area contributed by atoms with E-state index in [1.54, 1.807) is 54.7 Å². The second-order valence-corrected chi connectivity index (χ2v) is 8.30. The molecule has 2 aromatic carbocycles. The molecule has 142 valence electrons. The van der Waals surface area contributed by atoms with E-state index in [4.69, 9.17) is 0 Å². The van der Waals surface area contributed by atoms with Crippen LogP contribution < -0.4 is 10.0 Å².